The standard InChI is InChI=1S/C14H17NO3S/c1-8-5-12(19-10(8)3)7-15-6-11-4-9(2)13(18-11)14(16)17/h4-5,15H,6-7H2,1-3H3,(H,16,17). The molecule has 0 bridgehead atoms. The molecule has 19 heavy (non-hydrogen) atoms. The van der Waals surface area contributed by atoms with Gasteiger partial charge in [0.15, 0.2) is 0 Å². The molecule has 4 nitrogen and oxygen atoms in total. The molecular formula is C14H17NO3S. The lowest BCUT2D eigenvalue weighted by atomic mass is 10.2. The monoisotopic (exact) mass is 279 g/mol. The number of hydrogen-bond donors (Lipinski definition) is 2. The summed E-state index contributed by atoms with van der Waals surface area (Å²) in [5.74, 6) is -0.340. The zero-order valence-corrected chi connectivity index (χ0v) is 12.1. The third-order valence-corrected chi connectivity index (χ3v) is 4.13. The SMILES string of the molecule is Cc1cc(CNCc2cc(C)c(C)s2)oc1C(=O)O. The molecule has 0 unspecified atom stereocenters. The number of aromatic carboxylic acids is 1. The molecule has 0 aromatic carbocycles. The van der Waals surface area contributed by atoms with Gasteiger partial charge >= 0.3 is 5.97 Å². The third-order valence-electron chi connectivity index (χ3n) is 2.98. The van der Waals surface area contributed by atoms with Crippen LogP contribution in [0.25, 0.3) is 0 Å². The van der Waals surface area contributed by atoms with E-state index in [1.807, 2.05) is 0 Å². The molecule has 0 aliphatic carbocycles. The minimum Gasteiger partial charge on any atom is -0.475 e. The van der Waals surface area contributed by atoms with Gasteiger partial charge < -0.3 is 14.8 Å². The highest BCUT2D eigenvalue weighted by Gasteiger charge is 2.13. The average Bonchev–Trinajstić information content (AvgIpc) is 2.83. The number of rotatable bonds is 5. The van der Waals surface area contributed by atoms with Crippen molar-refractivity contribution in [3.8, 4) is 0 Å². The van der Waals surface area contributed by atoms with Gasteiger partial charge in [-0.1, -0.05) is 0 Å². The van der Waals surface area contributed by atoms with E-state index in [9.17, 15) is 4.79 Å². The molecule has 2 heterocycles. The minimum absolute atomic E-state index is 0.0274. The van der Waals surface area contributed by atoms with Crippen molar-refractivity contribution in [2.45, 2.75) is 33.9 Å². The van der Waals surface area contributed by atoms with E-state index in [4.69, 9.17) is 9.52 Å². The lowest BCUT2D eigenvalue weighted by Gasteiger charge is -1.99. The molecule has 0 atom stereocenters. The fourth-order valence-corrected chi connectivity index (χ4v) is 2.92. The summed E-state index contributed by atoms with van der Waals surface area (Å²) in [6.45, 7) is 7.25. The molecule has 2 rings (SSSR count). The van der Waals surface area contributed by atoms with E-state index >= 15 is 0 Å². The molecular weight excluding hydrogens is 262 g/mol. The van der Waals surface area contributed by atoms with E-state index < -0.39 is 5.97 Å². The number of furan rings is 1. The molecule has 5 heteroatoms. The number of carbonyl (C=O) groups is 1. The summed E-state index contributed by atoms with van der Waals surface area (Å²) in [6, 6.07) is 3.93. The summed E-state index contributed by atoms with van der Waals surface area (Å²) in [7, 11) is 0. The van der Waals surface area contributed by atoms with E-state index in [1.165, 1.54) is 15.3 Å². The van der Waals surface area contributed by atoms with Crippen molar-refractivity contribution in [3.63, 3.8) is 0 Å². The largest absolute Gasteiger partial charge is 0.475 e. The molecule has 2 N–H and O–H groups in total. The molecule has 102 valence electrons. The van der Waals surface area contributed by atoms with Gasteiger partial charge in [-0.3, -0.25) is 0 Å². The Kier molecular flexibility index (Phi) is 4.07. The van der Waals surface area contributed by atoms with Gasteiger partial charge in [0.25, 0.3) is 0 Å². The molecule has 2 aromatic rings. The smallest absolute Gasteiger partial charge is 0.372 e. The normalized spacial score (nSPS) is 10.9. The molecule has 0 saturated heterocycles. The van der Waals surface area contributed by atoms with Crippen LogP contribution < -0.4 is 5.32 Å². The zero-order chi connectivity index (χ0) is 14.0. The van der Waals surface area contributed by atoms with Crippen molar-refractivity contribution in [2.75, 3.05) is 0 Å². The number of hydrogen-bond acceptors (Lipinski definition) is 4. The molecule has 0 amide bonds. The Bertz CT molecular complexity index is 578. The summed E-state index contributed by atoms with van der Waals surface area (Å²) in [6.07, 6.45) is 0. The van der Waals surface area contributed by atoms with Crippen LogP contribution in [0.2, 0.25) is 0 Å². The topological polar surface area (TPSA) is 62.5 Å². The van der Waals surface area contributed by atoms with Crippen LogP contribution in [0, 0.1) is 20.8 Å². The molecule has 0 fully saturated rings. The van der Waals surface area contributed by atoms with Crippen molar-refractivity contribution in [1.82, 2.24) is 5.32 Å². The first-order valence-corrected chi connectivity index (χ1v) is 6.88. The minimum atomic E-state index is -1.02. The van der Waals surface area contributed by atoms with Crippen LogP contribution in [0.4, 0.5) is 0 Å². The van der Waals surface area contributed by atoms with Gasteiger partial charge in [-0.2, -0.15) is 0 Å². The quantitative estimate of drug-likeness (QED) is 0.882. The van der Waals surface area contributed by atoms with Gasteiger partial charge in [-0.05, 0) is 38.5 Å². The second kappa shape index (κ2) is 5.59. The van der Waals surface area contributed by atoms with Crippen molar-refractivity contribution < 1.29 is 14.3 Å². The van der Waals surface area contributed by atoms with Crippen LogP contribution in [0.15, 0.2) is 16.5 Å². The Morgan fingerprint density at radius 1 is 1.26 bits per heavy atom. The summed E-state index contributed by atoms with van der Waals surface area (Å²) >= 11 is 1.78. The summed E-state index contributed by atoms with van der Waals surface area (Å²) in [4.78, 5) is 13.5. The lowest BCUT2D eigenvalue weighted by Crippen LogP contribution is -2.11. The van der Waals surface area contributed by atoms with Crippen LogP contribution in [0.3, 0.4) is 0 Å². The highest BCUT2D eigenvalue weighted by molar-refractivity contribution is 7.12. The molecule has 0 spiro atoms. The Hall–Kier alpha value is -1.59. The third kappa shape index (κ3) is 3.24. The first-order valence-electron chi connectivity index (χ1n) is 6.06. The molecule has 0 radical (unpaired) electrons. The Morgan fingerprint density at radius 3 is 2.53 bits per heavy atom. The molecule has 2 aromatic heterocycles. The van der Waals surface area contributed by atoms with Gasteiger partial charge in [0.1, 0.15) is 5.76 Å². The van der Waals surface area contributed by atoms with Gasteiger partial charge in [0.2, 0.25) is 5.76 Å². The predicted octanol–water partition coefficient (Wildman–Crippen LogP) is 3.25. The maximum absolute atomic E-state index is 10.9. The number of carboxylic acid groups (broad SMARTS) is 1. The fourth-order valence-electron chi connectivity index (χ4n) is 1.89. The molecule has 0 aliphatic rings. The van der Waals surface area contributed by atoms with Gasteiger partial charge in [-0.15, -0.1) is 11.3 Å². The van der Waals surface area contributed by atoms with Crippen LogP contribution in [0.1, 0.15) is 37.2 Å². The Balaban J connectivity index is 1.92. The average molecular weight is 279 g/mol. The van der Waals surface area contributed by atoms with Crippen LogP contribution in [0.5, 0.6) is 0 Å². The molecule has 0 aliphatic heterocycles. The van der Waals surface area contributed by atoms with Gasteiger partial charge in [0.05, 0.1) is 6.54 Å². The van der Waals surface area contributed by atoms with E-state index in [0.717, 1.165) is 6.54 Å². The number of nitrogens with one attached hydrogen (secondary N) is 1. The number of aryl methyl sites for hydroxylation is 3. The van der Waals surface area contributed by atoms with Gasteiger partial charge in [0, 0.05) is 21.9 Å². The van der Waals surface area contributed by atoms with Crippen LogP contribution in [-0.2, 0) is 13.1 Å². The number of thiophene rings is 1. The van der Waals surface area contributed by atoms with E-state index in [-0.39, 0.29) is 5.76 Å². The van der Waals surface area contributed by atoms with Crippen molar-refractivity contribution in [1.29, 1.82) is 0 Å². The fraction of sp³-hybridized carbons (Fsp3) is 0.357. The van der Waals surface area contributed by atoms with Gasteiger partial charge in [-0.25, -0.2) is 4.79 Å². The van der Waals surface area contributed by atoms with Crippen molar-refractivity contribution >= 4 is 17.3 Å². The maximum atomic E-state index is 10.9. The highest BCUT2D eigenvalue weighted by atomic mass is 32.1. The van der Waals surface area contributed by atoms with E-state index in [0.29, 0.717) is 17.9 Å². The maximum Gasteiger partial charge on any atom is 0.372 e. The van der Waals surface area contributed by atoms with Crippen LogP contribution >= 0.6 is 11.3 Å². The first kappa shape index (κ1) is 13.8. The number of carboxylic acids is 1. The summed E-state index contributed by atoms with van der Waals surface area (Å²) in [5, 5.41) is 12.2. The second-order valence-corrected chi connectivity index (χ2v) is 5.93. The Morgan fingerprint density at radius 2 is 2.00 bits per heavy atom. The van der Waals surface area contributed by atoms with Crippen molar-refractivity contribution in [2.24, 2.45) is 0 Å². The summed E-state index contributed by atoms with van der Waals surface area (Å²) in [5.41, 5.74) is 1.97. The Labute approximate surface area is 116 Å². The lowest BCUT2D eigenvalue weighted by molar-refractivity contribution is 0.0659. The molecule has 0 saturated carbocycles. The first-order chi connectivity index (χ1) is 8.97. The zero-order valence-electron chi connectivity index (χ0n) is 11.2. The predicted molar refractivity (Wildman–Crippen MR) is 74.7 cm³/mol. The van der Waals surface area contributed by atoms with Crippen LogP contribution in [-0.4, -0.2) is 11.1 Å². The summed E-state index contributed by atoms with van der Waals surface area (Å²) < 4.78 is 5.28. The highest BCUT2D eigenvalue weighted by Crippen LogP contribution is 2.20. The van der Waals surface area contributed by atoms with E-state index in [1.54, 1.807) is 24.3 Å². The van der Waals surface area contributed by atoms with Crippen molar-refractivity contribution in [3.05, 3.63) is 44.5 Å². The van der Waals surface area contributed by atoms with E-state index in [2.05, 4.69) is 25.2 Å². The second-order valence-electron chi connectivity index (χ2n) is 4.59.